The van der Waals surface area contributed by atoms with Crippen molar-refractivity contribution in [1.82, 2.24) is 13.9 Å². The fourth-order valence-electron chi connectivity index (χ4n) is 3.13. The van der Waals surface area contributed by atoms with Crippen LogP contribution in [-0.4, -0.2) is 56.3 Å². The highest BCUT2D eigenvalue weighted by Gasteiger charge is 2.42. The minimum atomic E-state index is -3.25. The van der Waals surface area contributed by atoms with E-state index in [9.17, 15) is 8.42 Å². The van der Waals surface area contributed by atoms with Gasteiger partial charge in [0.2, 0.25) is 0 Å². The van der Waals surface area contributed by atoms with Crippen LogP contribution in [0.3, 0.4) is 0 Å². The summed E-state index contributed by atoms with van der Waals surface area (Å²) in [6.45, 7) is 8.67. The van der Waals surface area contributed by atoms with Crippen LogP contribution in [0, 0.1) is 5.41 Å². The summed E-state index contributed by atoms with van der Waals surface area (Å²) >= 11 is 0. The molecular formula is C13H27N3O2S. The van der Waals surface area contributed by atoms with Crippen LogP contribution in [0.5, 0.6) is 0 Å². The molecule has 0 aromatic rings. The summed E-state index contributed by atoms with van der Waals surface area (Å²) in [5.41, 5.74) is 0.206. The fraction of sp³-hybridized carbons (Fsp3) is 1.00. The van der Waals surface area contributed by atoms with E-state index in [0.717, 1.165) is 38.8 Å². The molecule has 0 aromatic carbocycles. The van der Waals surface area contributed by atoms with Gasteiger partial charge in [-0.05, 0) is 37.6 Å². The van der Waals surface area contributed by atoms with Crippen LogP contribution in [-0.2, 0) is 10.2 Å². The van der Waals surface area contributed by atoms with Gasteiger partial charge in [-0.1, -0.05) is 13.8 Å². The topological polar surface area (TPSA) is 52.7 Å². The number of nitrogens with zero attached hydrogens (tertiary/aromatic N) is 2. The van der Waals surface area contributed by atoms with E-state index in [1.54, 1.807) is 8.61 Å². The second-order valence-electron chi connectivity index (χ2n) is 5.80. The summed E-state index contributed by atoms with van der Waals surface area (Å²) < 4.78 is 28.7. The molecule has 112 valence electrons. The fourth-order valence-corrected chi connectivity index (χ4v) is 4.90. The van der Waals surface area contributed by atoms with Crippen molar-refractivity contribution in [2.24, 2.45) is 5.41 Å². The Labute approximate surface area is 117 Å². The van der Waals surface area contributed by atoms with E-state index >= 15 is 0 Å². The molecule has 0 spiro atoms. The van der Waals surface area contributed by atoms with Crippen molar-refractivity contribution in [3.05, 3.63) is 0 Å². The van der Waals surface area contributed by atoms with E-state index in [4.69, 9.17) is 0 Å². The zero-order valence-electron chi connectivity index (χ0n) is 12.2. The number of rotatable bonds is 4. The van der Waals surface area contributed by atoms with Gasteiger partial charge in [-0.3, -0.25) is 0 Å². The van der Waals surface area contributed by atoms with Crippen LogP contribution in [0.25, 0.3) is 0 Å². The third-order valence-corrected chi connectivity index (χ3v) is 6.84. The quantitative estimate of drug-likeness (QED) is 0.841. The average molecular weight is 289 g/mol. The summed E-state index contributed by atoms with van der Waals surface area (Å²) in [5.74, 6) is 0. The second-order valence-corrected chi connectivity index (χ2v) is 7.73. The summed E-state index contributed by atoms with van der Waals surface area (Å²) in [7, 11) is -3.25. The second kappa shape index (κ2) is 6.08. The number of hydrogen-bond donors (Lipinski definition) is 1. The third-order valence-electron chi connectivity index (χ3n) is 4.85. The molecule has 0 unspecified atom stereocenters. The van der Waals surface area contributed by atoms with Gasteiger partial charge < -0.3 is 5.32 Å². The molecule has 6 heteroatoms. The van der Waals surface area contributed by atoms with Crippen molar-refractivity contribution >= 4 is 10.2 Å². The van der Waals surface area contributed by atoms with Crippen LogP contribution >= 0.6 is 0 Å². The van der Waals surface area contributed by atoms with Crippen LogP contribution < -0.4 is 5.32 Å². The van der Waals surface area contributed by atoms with Gasteiger partial charge in [0.15, 0.2) is 0 Å². The highest BCUT2D eigenvalue weighted by Crippen LogP contribution is 2.38. The Morgan fingerprint density at radius 1 is 1.05 bits per heavy atom. The maximum absolute atomic E-state index is 12.7. The molecule has 0 aliphatic carbocycles. The highest BCUT2D eigenvalue weighted by atomic mass is 32.2. The first-order chi connectivity index (χ1) is 9.04. The molecule has 2 rings (SSSR count). The molecule has 19 heavy (non-hydrogen) atoms. The minimum absolute atomic E-state index is 0.206. The average Bonchev–Trinajstić information content (AvgIpc) is 2.67. The predicted molar refractivity (Wildman–Crippen MR) is 77.2 cm³/mol. The summed E-state index contributed by atoms with van der Waals surface area (Å²) in [5, 5.41) is 3.25. The van der Waals surface area contributed by atoms with Crippen LogP contribution in [0.4, 0.5) is 0 Å². The zero-order chi connectivity index (χ0) is 13.9. The van der Waals surface area contributed by atoms with E-state index in [-0.39, 0.29) is 5.41 Å². The smallest absolute Gasteiger partial charge is 0.282 e. The van der Waals surface area contributed by atoms with Crippen LogP contribution in [0.2, 0.25) is 0 Å². The summed E-state index contributed by atoms with van der Waals surface area (Å²) in [6.07, 6.45) is 4.04. The third kappa shape index (κ3) is 3.12. The molecule has 5 nitrogen and oxygen atoms in total. The Hall–Kier alpha value is -0.170. The molecule has 2 heterocycles. The number of hydrogen-bond acceptors (Lipinski definition) is 3. The Morgan fingerprint density at radius 2 is 1.79 bits per heavy atom. The molecule has 2 aliphatic rings. The molecule has 0 bridgehead atoms. The first-order valence-electron chi connectivity index (χ1n) is 7.50. The Morgan fingerprint density at radius 3 is 2.42 bits per heavy atom. The Bertz CT molecular complexity index is 385. The first kappa shape index (κ1) is 15.2. The van der Waals surface area contributed by atoms with Gasteiger partial charge in [-0.2, -0.15) is 17.0 Å². The van der Waals surface area contributed by atoms with E-state index in [1.807, 2.05) is 0 Å². The molecule has 0 radical (unpaired) electrons. The largest absolute Gasteiger partial charge is 0.315 e. The lowest BCUT2D eigenvalue weighted by Crippen LogP contribution is -2.44. The maximum atomic E-state index is 12.7. The van der Waals surface area contributed by atoms with Crippen LogP contribution in [0.1, 0.15) is 39.5 Å². The lowest BCUT2D eigenvalue weighted by Gasteiger charge is -2.29. The molecule has 0 aromatic heterocycles. The standard InChI is InChI=1S/C13H27N3O2S/c1-3-13(4-2)6-10-16(12-13)19(17,18)15-9-5-7-14-8-11-15/h14H,3-12H2,1-2H3. The van der Waals surface area contributed by atoms with E-state index in [0.29, 0.717) is 26.2 Å². The lowest BCUT2D eigenvalue weighted by molar-refractivity contribution is 0.273. The van der Waals surface area contributed by atoms with Gasteiger partial charge in [0.1, 0.15) is 0 Å². The summed E-state index contributed by atoms with van der Waals surface area (Å²) in [6, 6.07) is 0. The van der Waals surface area contributed by atoms with Gasteiger partial charge >= 0.3 is 0 Å². The van der Waals surface area contributed by atoms with E-state index in [1.165, 1.54) is 0 Å². The summed E-state index contributed by atoms with van der Waals surface area (Å²) in [4.78, 5) is 0. The highest BCUT2D eigenvalue weighted by molar-refractivity contribution is 7.86. The van der Waals surface area contributed by atoms with Gasteiger partial charge in [-0.25, -0.2) is 0 Å². The van der Waals surface area contributed by atoms with Crippen molar-refractivity contribution < 1.29 is 8.42 Å². The van der Waals surface area contributed by atoms with Crippen molar-refractivity contribution in [2.45, 2.75) is 39.5 Å². The molecule has 2 aliphatic heterocycles. The van der Waals surface area contributed by atoms with Gasteiger partial charge in [0.25, 0.3) is 10.2 Å². The monoisotopic (exact) mass is 289 g/mol. The maximum Gasteiger partial charge on any atom is 0.282 e. The molecule has 2 saturated heterocycles. The molecule has 2 fully saturated rings. The molecule has 0 amide bonds. The minimum Gasteiger partial charge on any atom is -0.315 e. The van der Waals surface area contributed by atoms with E-state index < -0.39 is 10.2 Å². The molecule has 0 atom stereocenters. The van der Waals surface area contributed by atoms with E-state index in [2.05, 4.69) is 19.2 Å². The molecular weight excluding hydrogens is 262 g/mol. The molecule has 0 saturated carbocycles. The van der Waals surface area contributed by atoms with Crippen LogP contribution in [0.15, 0.2) is 0 Å². The van der Waals surface area contributed by atoms with Gasteiger partial charge in [-0.15, -0.1) is 0 Å². The van der Waals surface area contributed by atoms with Crippen molar-refractivity contribution in [3.8, 4) is 0 Å². The van der Waals surface area contributed by atoms with Gasteiger partial charge in [0.05, 0.1) is 0 Å². The number of nitrogens with one attached hydrogen (secondary N) is 1. The van der Waals surface area contributed by atoms with Gasteiger partial charge in [0, 0.05) is 32.7 Å². The Kier molecular flexibility index (Phi) is 4.87. The normalized spacial score (nSPS) is 26.4. The predicted octanol–water partition coefficient (Wildman–Crippen LogP) is 1.04. The van der Waals surface area contributed by atoms with Crippen molar-refractivity contribution in [1.29, 1.82) is 0 Å². The lowest BCUT2D eigenvalue weighted by atomic mass is 9.82. The van der Waals surface area contributed by atoms with Crippen molar-refractivity contribution in [3.63, 3.8) is 0 Å². The SMILES string of the molecule is CCC1(CC)CCN(S(=O)(=O)N2CCCNCC2)C1. The first-order valence-corrected chi connectivity index (χ1v) is 8.90. The van der Waals surface area contributed by atoms with Crippen molar-refractivity contribution in [2.75, 3.05) is 39.3 Å². The zero-order valence-corrected chi connectivity index (χ0v) is 13.0. The molecule has 1 N–H and O–H groups in total. The Balaban J connectivity index is 2.08.